The van der Waals surface area contributed by atoms with Crippen molar-refractivity contribution < 1.29 is 9.53 Å². The molecule has 0 bridgehead atoms. The van der Waals surface area contributed by atoms with Gasteiger partial charge in [-0.05, 0) is 37.5 Å². The van der Waals surface area contributed by atoms with Gasteiger partial charge in [0.05, 0.1) is 22.9 Å². The van der Waals surface area contributed by atoms with Crippen molar-refractivity contribution in [1.82, 2.24) is 29.2 Å². The Kier molecular flexibility index (Phi) is 4.72. The van der Waals surface area contributed by atoms with Gasteiger partial charge in [-0.25, -0.2) is 15.0 Å². The second-order valence-corrected chi connectivity index (χ2v) is 8.83. The van der Waals surface area contributed by atoms with Crippen LogP contribution >= 0.6 is 0 Å². The van der Waals surface area contributed by atoms with Gasteiger partial charge in [-0.3, -0.25) is 14.0 Å². The highest BCUT2D eigenvalue weighted by Crippen LogP contribution is 2.29. The maximum absolute atomic E-state index is 13.4. The zero-order valence-electron chi connectivity index (χ0n) is 18.4. The Morgan fingerprint density at radius 1 is 1.15 bits per heavy atom. The molecule has 1 amide bonds. The van der Waals surface area contributed by atoms with Crippen LogP contribution in [0.25, 0.3) is 16.6 Å². The summed E-state index contributed by atoms with van der Waals surface area (Å²) in [6.45, 7) is 4.42. The number of benzene rings is 1. The molecule has 9 heteroatoms. The number of nitrogens with one attached hydrogen (secondary N) is 1. The summed E-state index contributed by atoms with van der Waals surface area (Å²) >= 11 is 0. The molecule has 1 saturated heterocycles. The molecule has 0 spiro atoms. The number of imidazole rings is 1. The summed E-state index contributed by atoms with van der Waals surface area (Å²) in [5.41, 5.74) is 5.23. The van der Waals surface area contributed by atoms with E-state index in [0.717, 1.165) is 41.0 Å². The number of aromatic amines is 1. The van der Waals surface area contributed by atoms with Crippen LogP contribution in [-0.4, -0.2) is 54.9 Å². The predicted octanol–water partition coefficient (Wildman–Crippen LogP) is 2.37. The van der Waals surface area contributed by atoms with Crippen molar-refractivity contribution >= 4 is 22.5 Å². The van der Waals surface area contributed by atoms with Crippen molar-refractivity contribution in [3.05, 3.63) is 69.4 Å². The number of hydrogen-bond donors (Lipinski definition) is 1. The molecule has 3 aromatic heterocycles. The Balaban J connectivity index is 1.43. The Bertz CT molecular complexity index is 1450. The fourth-order valence-corrected chi connectivity index (χ4v) is 5.03. The summed E-state index contributed by atoms with van der Waals surface area (Å²) in [5.74, 6) is 1.07. The van der Waals surface area contributed by atoms with Crippen LogP contribution in [0.1, 0.15) is 51.8 Å². The molecule has 0 unspecified atom stereocenters. The van der Waals surface area contributed by atoms with Gasteiger partial charge in [-0.2, -0.15) is 0 Å². The molecule has 5 heterocycles. The van der Waals surface area contributed by atoms with E-state index in [1.165, 1.54) is 0 Å². The highest BCUT2D eigenvalue weighted by atomic mass is 16.5. The number of hydrogen-bond acceptors (Lipinski definition) is 6. The van der Waals surface area contributed by atoms with Gasteiger partial charge in [0.2, 0.25) is 0 Å². The monoisotopic (exact) mass is 444 g/mol. The Hall–Kier alpha value is -3.59. The first-order chi connectivity index (χ1) is 16.1. The molecule has 1 fully saturated rings. The minimum atomic E-state index is -0.209. The molecule has 33 heavy (non-hydrogen) atoms. The molecule has 6 rings (SSSR count). The average Bonchev–Trinajstić information content (AvgIpc) is 3.30. The quantitative estimate of drug-likeness (QED) is 0.509. The summed E-state index contributed by atoms with van der Waals surface area (Å²) in [6, 6.07) is 3.79. The highest BCUT2D eigenvalue weighted by molar-refractivity contribution is 5.99. The number of ether oxygens (including phenoxy) is 1. The first-order valence-corrected chi connectivity index (χ1v) is 11.3. The van der Waals surface area contributed by atoms with Crippen molar-refractivity contribution in [3.63, 3.8) is 0 Å². The number of H-pyrrole nitrogens is 1. The number of aromatic nitrogens is 5. The highest BCUT2D eigenvalue weighted by Gasteiger charge is 2.26. The van der Waals surface area contributed by atoms with E-state index >= 15 is 0 Å². The Morgan fingerprint density at radius 2 is 2.00 bits per heavy atom. The van der Waals surface area contributed by atoms with E-state index in [1.54, 1.807) is 24.8 Å². The molecule has 0 atom stereocenters. The zero-order chi connectivity index (χ0) is 22.5. The fourth-order valence-electron chi connectivity index (χ4n) is 5.03. The number of carbonyl (C=O) groups is 1. The van der Waals surface area contributed by atoms with E-state index in [-0.39, 0.29) is 17.4 Å². The van der Waals surface area contributed by atoms with Gasteiger partial charge in [-0.15, -0.1) is 0 Å². The molecule has 2 aliphatic heterocycles. The number of amides is 1. The van der Waals surface area contributed by atoms with Gasteiger partial charge in [0.25, 0.3) is 11.5 Å². The number of carbonyl (C=O) groups excluding carboxylic acids is 1. The number of aryl methyl sites for hydroxylation is 1. The fraction of sp³-hybridized carbons (Fsp3) is 0.375. The largest absolute Gasteiger partial charge is 0.381 e. The Morgan fingerprint density at radius 3 is 2.85 bits per heavy atom. The minimum Gasteiger partial charge on any atom is -0.381 e. The molecule has 1 N–H and O–H groups in total. The third-order valence-corrected chi connectivity index (χ3v) is 6.82. The summed E-state index contributed by atoms with van der Waals surface area (Å²) in [4.78, 5) is 44.1. The SMILES string of the molecule is Cc1cc2c(cc1C(=O)N1CCc3ncncc3C1)[nH]c(=O)c1cnc(C3CCOCC3)n12. The molecule has 9 nitrogen and oxygen atoms in total. The molecule has 168 valence electrons. The number of rotatable bonds is 2. The van der Waals surface area contributed by atoms with Crippen LogP contribution in [-0.2, 0) is 17.7 Å². The lowest BCUT2D eigenvalue weighted by molar-refractivity contribution is 0.0732. The number of fused-ring (bicyclic) bond motifs is 4. The van der Waals surface area contributed by atoms with Gasteiger partial charge >= 0.3 is 0 Å². The maximum atomic E-state index is 13.4. The van der Waals surface area contributed by atoms with E-state index in [0.29, 0.717) is 49.3 Å². The Labute approximate surface area is 189 Å². The summed E-state index contributed by atoms with van der Waals surface area (Å²) < 4.78 is 7.47. The van der Waals surface area contributed by atoms with E-state index in [1.807, 2.05) is 22.3 Å². The van der Waals surface area contributed by atoms with Gasteiger partial charge in [0, 0.05) is 56.0 Å². The predicted molar refractivity (Wildman–Crippen MR) is 121 cm³/mol. The number of nitrogens with zero attached hydrogens (tertiary/aromatic N) is 5. The van der Waals surface area contributed by atoms with Crippen molar-refractivity contribution in [2.45, 2.75) is 38.6 Å². The molecule has 1 aromatic carbocycles. The zero-order valence-corrected chi connectivity index (χ0v) is 18.4. The van der Waals surface area contributed by atoms with Crippen LogP contribution in [0.3, 0.4) is 0 Å². The van der Waals surface area contributed by atoms with Crippen molar-refractivity contribution in [1.29, 1.82) is 0 Å². The van der Waals surface area contributed by atoms with Crippen LogP contribution in [0.4, 0.5) is 0 Å². The topological polar surface area (TPSA) is 105 Å². The van der Waals surface area contributed by atoms with Gasteiger partial charge in [0.15, 0.2) is 0 Å². The second kappa shape index (κ2) is 7.77. The lowest BCUT2D eigenvalue weighted by atomic mass is 9.99. The second-order valence-electron chi connectivity index (χ2n) is 8.83. The van der Waals surface area contributed by atoms with Crippen LogP contribution in [0, 0.1) is 6.92 Å². The van der Waals surface area contributed by atoms with Crippen LogP contribution in [0.15, 0.2) is 35.6 Å². The van der Waals surface area contributed by atoms with Crippen LogP contribution in [0.2, 0.25) is 0 Å². The molecule has 0 aliphatic carbocycles. The molecule has 0 saturated carbocycles. The van der Waals surface area contributed by atoms with Crippen LogP contribution in [0.5, 0.6) is 0 Å². The first-order valence-electron chi connectivity index (χ1n) is 11.3. The van der Waals surface area contributed by atoms with Gasteiger partial charge in [0.1, 0.15) is 17.7 Å². The van der Waals surface area contributed by atoms with Crippen molar-refractivity contribution in [3.8, 4) is 0 Å². The summed E-state index contributed by atoms with van der Waals surface area (Å²) in [7, 11) is 0. The third-order valence-electron chi connectivity index (χ3n) is 6.82. The van der Waals surface area contributed by atoms with Gasteiger partial charge in [-0.1, -0.05) is 0 Å². The molecule has 4 aromatic rings. The molecule has 0 radical (unpaired) electrons. The summed E-state index contributed by atoms with van der Waals surface area (Å²) in [5, 5.41) is 0. The lowest BCUT2D eigenvalue weighted by Gasteiger charge is -2.28. The van der Waals surface area contributed by atoms with E-state index < -0.39 is 0 Å². The summed E-state index contributed by atoms with van der Waals surface area (Å²) in [6.07, 6.45) is 7.43. The standard InChI is InChI=1S/C24H24N6O3/c1-14-8-20-19(9-17(14)24(32)29-5-2-18-16(12-29)10-25-13-27-18)28-23(31)21-11-26-22(30(20)21)15-3-6-33-7-4-15/h8-11,13,15H,2-7,12H2,1H3,(H,28,31). The maximum Gasteiger partial charge on any atom is 0.274 e. The van der Waals surface area contributed by atoms with Gasteiger partial charge < -0.3 is 14.6 Å². The normalized spacial score (nSPS) is 16.9. The first kappa shape index (κ1) is 20.0. The van der Waals surface area contributed by atoms with Crippen molar-refractivity contribution in [2.75, 3.05) is 19.8 Å². The van der Waals surface area contributed by atoms with E-state index in [2.05, 4.69) is 19.9 Å². The molecule has 2 aliphatic rings. The third kappa shape index (κ3) is 3.31. The lowest BCUT2D eigenvalue weighted by Crippen LogP contribution is -2.36. The average molecular weight is 444 g/mol. The smallest absolute Gasteiger partial charge is 0.274 e. The molecular weight excluding hydrogens is 420 g/mol. The minimum absolute atomic E-state index is 0.0554. The van der Waals surface area contributed by atoms with Crippen LogP contribution < -0.4 is 5.56 Å². The van der Waals surface area contributed by atoms with E-state index in [9.17, 15) is 9.59 Å². The molecular formula is C24H24N6O3. The van der Waals surface area contributed by atoms with Crippen molar-refractivity contribution in [2.24, 2.45) is 0 Å². The van der Waals surface area contributed by atoms with E-state index in [4.69, 9.17) is 4.74 Å².